The normalized spacial score (nSPS) is 18.1. The fourth-order valence-electron chi connectivity index (χ4n) is 2.67. The van der Waals surface area contributed by atoms with Crippen LogP contribution in [-0.4, -0.2) is 38.0 Å². The van der Waals surface area contributed by atoms with Crippen LogP contribution in [0.25, 0.3) is 9.75 Å². The van der Waals surface area contributed by atoms with Crippen LogP contribution in [0.3, 0.4) is 0 Å². The minimum absolute atomic E-state index is 0.376. The van der Waals surface area contributed by atoms with Gasteiger partial charge >= 0.3 is 0 Å². The van der Waals surface area contributed by atoms with Crippen molar-refractivity contribution in [3.05, 3.63) is 23.3 Å². The largest absolute Gasteiger partial charge is 0.410 e. The number of oxime groups is 2. The van der Waals surface area contributed by atoms with E-state index in [1.807, 2.05) is 0 Å². The van der Waals surface area contributed by atoms with Crippen LogP contribution < -0.4 is 9.00 Å². The maximum absolute atomic E-state index is 9.57. The highest BCUT2D eigenvalue weighted by Gasteiger charge is 2.36. The molecule has 1 aliphatic carbocycles. The second-order valence-electron chi connectivity index (χ2n) is 8.10. The van der Waals surface area contributed by atoms with Crippen LogP contribution in [0.2, 0.25) is 39.3 Å². The number of hydrogen-bond acceptors (Lipinski definition) is 6. The Hall–Kier alpha value is -1.23. The van der Waals surface area contributed by atoms with Gasteiger partial charge in [0.15, 0.2) is 0 Å². The van der Waals surface area contributed by atoms with Crippen LogP contribution in [0.15, 0.2) is 22.4 Å². The molecule has 0 amide bonds. The van der Waals surface area contributed by atoms with Gasteiger partial charge in [0.25, 0.3) is 0 Å². The van der Waals surface area contributed by atoms with Gasteiger partial charge in [0, 0.05) is 11.1 Å². The lowest BCUT2D eigenvalue weighted by Crippen LogP contribution is -2.35. The average molecular weight is 395 g/mol. The Balaban J connectivity index is 2.33. The Bertz CT molecular complexity index is 796. The molecule has 24 heavy (non-hydrogen) atoms. The lowest BCUT2D eigenvalue weighted by atomic mass is 9.94. The fraction of sp³-hybridized carbons (Fsp3) is 0.375. The molecule has 2 aromatic rings. The van der Waals surface area contributed by atoms with Crippen LogP contribution in [-0.2, 0) is 0 Å². The van der Waals surface area contributed by atoms with E-state index in [-0.39, 0.29) is 0 Å². The third-order valence-electron chi connectivity index (χ3n) is 4.08. The van der Waals surface area contributed by atoms with Gasteiger partial charge in [-0.1, -0.05) is 49.6 Å². The summed E-state index contributed by atoms with van der Waals surface area (Å²) >= 11 is 3.60. The van der Waals surface area contributed by atoms with Gasteiger partial charge in [0.1, 0.15) is 11.4 Å². The van der Waals surface area contributed by atoms with Crippen LogP contribution in [0.1, 0.15) is 11.1 Å². The number of hydrogen-bond donors (Lipinski definition) is 2. The van der Waals surface area contributed by atoms with Crippen molar-refractivity contribution in [3.8, 4) is 9.75 Å². The predicted octanol–water partition coefficient (Wildman–Crippen LogP) is 3.94. The number of thiophene rings is 2. The fourth-order valence-corrected chi connectivity index (χ4v) is 8.86. The monoisotopic (exact) mass is 394 g/mol. The summed E-state index contributed by atoms with van der Waals surface area (Å²) in [6.45, 7) is 13.9. The Kier molecular flexibility index (Phi) is 4.14. The van der Waals surface area contributed by atoms with Crippen molar-refractivity contribution in [1.82, 2.24) is 0 Å². The van der Waals surface area contributed by atoms with E-state index in [0.29, 0.717) is 11.4 Å². The van der Waals surface area contributed by atoms with Crippen molar-refractivity contribution < 1.29 is 10.4 Å². The molecule has 2 heterocycles. The second-order valence-corrected chi connectivity index (χ2v) is 21.0. The van der Waals surface area contributed by atoms with Crippen molar-refractivity contribution >= 4 is 59.2 Å². The quantitative estimate of drug-likeness (QED) is 0.460. The van der Waals surface area contributed by atoms with E-state index in [2.05, 4.69) is 61.7 Å². The molecule has 0 saturated heterocycles. The SMILES string of the molecule is C[Si](C)(C)c1cc2c(s1)-c1sc([Si](C)(C)C)cc1C(=N\O)/C2=N\O. The van der Waals surface area contributed by atoms with E-state index in [1.165, 1.54) is 9.00 Å². The molecule has 0 aliphatic heterocycles. The molecule has 2 aromatic heterocycles. The minimum atomic E-state index is -1.48. The van der Waals surface area contributed by atoms with Gasteiger partial charge in [0.05, 0.1) is 25.9 Å². The van der Waals surface area contributed by atoms with E-state index in [1.54, 1.807) is 22.7 Å². The van der Waals surface area contributed by atoms with E-state index >= 15 is 0 Å². The summed E-state index contributed by atoms with van der Waals surface area (Å²) in [6, 6.07) is 4.26. The number of rotatable bonds is 2. The Labute approximate surface area is 152 Å². The maximum Gasteiger partial charge on any atom is 0.141 e. The molecule has 8 heteroatoms. The first kappa shape index (κ1) is 17.6. The Morgan fingerprint density at radius 1 is 0.708 bits per heavy atom. The van der Waals surface area contributed by atoms with Crippen LogP contribution in [0.5, 0.6) is 0 Å². The maximum atomic E-state index is 9.57. The zero-order valence-electron chi connectivity index (χ0n) is 14.8. The van der Waals surface area contributed by atoms with Gasteiger partial charge in [-0.05, 0) is 21.1 Å². The van der Waals surface area contributed by atoms with Gasteiger partial charge < -0.3 is 10.4 Å². The van der Waals surface area contributed by atoms with Crippen LogP contribution in [0, 0.1) is 0 Å². The predicted molar refractivity (Wildman–Crippen MR) is 110 cm³/mol. The summed E-state index contributed by atoms with van der Waals surface area (Å²) in [5, 5.41) is 26.1. The first-order chi connectivity index (χ1) is 11.1. The average Bonchev–Trinajstić information content (AvgIpc) is 3.07. The molecular weight excluding hydrogens is 372 g/mol. The molecular formula is C16H22N2O2S2Si2. The highest BCUT2D eigenvalue weighted by atomic mass is 32.1. The molecule has 4 nitrogen and oxygen atoms in total. The first-order valence-corrected chi connectivity index (χ1v) is 16.5. The number of nitrogens with zero attached hydrogens (tertiary/aromatic N) is 2. The third-order valence-corrected chi connectivity index (χ3v) is 13.7. The van der Waals surface area contributed by atoms with E-state index in [4.69, 9.17) is 0 Å². The minimum Gasteiger partial charge on any atom is -0.410 e. The van der Waals surface area contributed by atoms with E-state index < -0.39 is 16.1 Å². The van der Waals surface area contributed by atoms with Crippen LogP contribution >= 0.6 is 22.7 Å². The van der Waals surface area contributed by atoms with Gasteiger partial charge in [-0.25, -0.2) is 0 Å². The number of fused-ring (bicyclic) bond motifs is 3. The highest BCUT2D eigenvalue weighted by molar-refractivity contribution is 7.34. The zero-order valence-corrected chi connectivity index (χ0v) is 18.4. The summed E-state index contributed by atoms with van der Waals surface area (Å²) < 4.78 is 2.73. The molecule has 1 aliphatic rings. The van der Waals surface area contributed by atoms with Gasteiger partial charge in [-0.3, -0.25) is 0 Å². The zero-order chi connectivity index (χ0) is 17.9. The Morgan fingerprint density at radius 2 is 1.04 bits per heavy atom. The lowest BCUT2D eigenvalue weighted by Gasteiger charge is -2.14. The molecule has 0 saturated carbocycles. The summed E-state index contributed by atoms with van der Waals surface area (Å²) in [5.41, 5.74) is 2.54. The van der Waals surface area contributed by atoms with Gasteiger partial charge in [-0.2, -0.15) is 0 Å². The Morgan fingerprint density at radius 3 is 1.29 bits per heavy atom. The molecule has 3 rings (SSSR count). The second kappa shape index (κ2) is 5.65. The molecule has 0 atom stereocenters. The van der Waals surface area contributed by atoms with Crippen molar-refractivity contribution in [2.45, 2.75) is 39.3 Å². The molecule has 0 unspecified atom stereocenters. The third kappa shape index (κ3) is 2.71. The first-order valence-electron chi connectivity index (χ1n) is 7.82. The summed E-state index contributed by atoms with van der Waals surface area (Å²) in [4.78, 5) is 2.30. The molecule has 0 bridgehead atoms. The molecule has 0 fully saturated rings. The van der Waals surface area contributed by atoms with Crippen molar-refractivity contribution in [1.29, 1.82) is 0 Å². The highest BCUT2D eigenvalue weighted by Crippen LogP contribution is 2.41. The molecule has 0 spiro atoms. The van der Waals surface area contributed by atoms with Crippen molar-refractivity contribution in [2.75, 3.05) is 0 Å². The molecule has 0 aromatic carbocycles. The summed E-state index contributed by atoms with van der Waals surface area (Å²) in [5.74, 6) is 0. The van der Waals surface area contributed by atoms with E-state index in [0.717, 1.165) is 20.9 Å². The molecule has 0 radical (unpaired) electrons. The standard InChI is InChI=1S/C16H22N2O2S2Si2/c1-23(2,3)11-7-9-13(17-19)14(18-20)10-8-12(24(4,5)6)22-16(10)15(9)21-11/h7-8,19-20H,1-6H3/b17-13-,18-14+. The smallest absolute Gasteiger partial charge is 0.141 e. The molecule has 128 valence electrons. The van der Waals surface area contributed by atoms with Gasteiger partial charge in [-0.15, -0.1) is 22.7 Å². The topological polar surface area (TPSA) is 65.2 Å². The molecule has 2 N–H and O–H groups in total. The summed E-state index contributed by atoms with van der Waals surface area (Å²) in [6.07, 6.45) is 0. The van der Waals surface area contributed by atoms with Crippen molar-refractivity contribution in [3.63, 3.8) is 0 Å². The van der Waals surface area contributed by atoms with Crippen LogP contribution in [0.4, 0.5) is 0 Å². The lowest BCUT2D eigenvalue weighted by molar-refractivity contribution is 0.314. The van der Waals surface area contributed by atoms with E-state index in [9.17, 15) is 10.4 Å². The summed E-state index contributed by atoms with van der Waals surface area (Å²) in [7, 11) is -2.96. The van der Waals surface area contributed by atoms with Gasteiger partial charge in [0.2, 0.25) is 0 Å². The van der Waals surface area contributed by atoms with Crippen molar-refractivity contribution in [2.24, 2.45) is 10.3 Å².